The lowest BCUT2D eigenvalue weighted by atomic mass is 9.98. The SMILES string of the molecule is COc1ccc2c(c1)CC(C(=O)O)OC2=O. The zero-order chi connectivity index (χ0) is 11.7. The summed E-state index contributed by atoms with van der Waals surface area (Å²) < 4.78 is 9.78. The van der Waals surface area contributed by atoms with Crippen LogP contribution in [0.1, 0.15) is 15.9 Å². The fourth-order valence-corrected chi connectivity index (χ4v) is 1.64. The van der Waals surface area contributed by atoms with E-state index in [9.17, 15) is 9.59 Å². The van der Waals surface area contributed by atoms with Crippen LogP contribution < -0.4 is 4.74 Å². The number of hydrogen-bond donors (Lipinski definition) is 1. The van der Waals surface area contributed by atoms with E-state index in [0.29, 0.717) is 16.9 Å². The van der Waals surface area contributed by atoms with E-state index in [1.165, 1.54) is 7.11 Å². The monoisotopic (exact) mass is 222 g/mol. The number of carbonyl (C=O) groups excluding carboxylic acids is 1. The number of carboxylic acid groups (broad SMARTS) is 1. The highest BCUT2D eigenvalue weighted by molar-refractivity contribution is 5.94. The number of carboxylic acids is 1. The van der Waals surface area contributed by atoms with Crippen molar-refractivity contribution < 1.29 is 24.2 Å². The Morgan fingerprint density at radius 2 is 2.31 bits per heavy atom. The third kappa shape index (κ3) is 1.71. The van der Waals surface area contributed by atoms with Gasteiger partial charge in [-0.25, -0.2) is 9.59 Å². The molecule has 0 bridgehead atoms. The summed E-state index contributed by atoms with van der Waals surface area (Å²) in [6.07, 6.45) is -0.930. The standard InChI is InChI=1S/C11H10O5/c1-15-7-2-3-8-6(4-7)5-9(10(12)13)16-11(8)14/h2-4,9H,5H2,1H3,(H,12,13). The number of benzene rings is 1. The molecule has 5 nitrogen and oxygen atoms in total. The van der Waals surface area contributed by atoms with Crippen LogP contribution in [-0.4, -0.2) is 30.3 Å². The first-order valence-corrected chi connectivity index (χ1v) is 4.72. The molecule has 1 heterocycles. The number of fused-ring (bicyclic) bond motifs is 1. The van der Waals surface area contributed by atoms with Crippen molar-refractivity contribution in [3.63, 3.8) is 0 Å². The van der Waals surface area contributed by atoms with Crippen molar-refractivity contribution in [3.05, 3.63) is 29.3 Å². The number of ether oxygens (including phenoxy) is 2. The quantitative estimate of drug-likeness (QED) is 0.751. The summed E-state index contributed by atoms with van der Waals surface area (Å²) in [4.78, 5) is 22.2. The lowest BCUT2D eigenvalue weighted by Crippen LogP contribution is -2.34. The van der Waals surface area contributed by atoms with Crippen molar-refractivity contribution in [2.45, 2.75) is 12.5 Å². The first kappa shape index (κ1) is 10.5. The van der Waals surface area contributed by atoms with Gasteiger partial charge in [0.2, 0.25) is 6.10 Å². The van der Waals surface area contributed by atoms with Gasteiger partial charge < -0.3 is 14.6 Å². The normalized spacial score (nSPS) is 18.6. The topological polar surface area (TPSA) is 72.8 Å². The molecule has 5 heteroatoms. The maximum absolute atomic E-state index is 11.5. The van der Waals surface area contributed by atoms with Crippen LogP contribution in [0.25, 0.3) is 0 Å². The van der Waals surface area contributed by atoms with Crippen molar-refractivity contribution in [2.75, 3.05) is 7.11 Å². The fraction of sp³-hybridized carbons (Fsp3) is 0.273. The summed E-state index contributed by atoms with van der Waals surface area (Å²) >= 11 is 0. The van der Waals surface area contributed by atoms with E-state index in [2.05, 4.69) is 0 Å². The van der Waals surface area contributed by atoms with Crippen LogP contribution in [0.4, 0.5) is 0 Å². The second-order valence-electron chi connectivity index (χ2n) is 3.46. The van der Waals surface area contributed by atoms with Crippen LogP contribution in [0, 0.1) is 0 Å². The smallest absolute Gasteiger partial charge is 0.345 e. The molecule has 1 N–H and O–H groups in total. The van der Waals surface area contributed by atoms with Gasteiger partial charge in [0.1, 0.15) is 5.75 Å². The Bertz CT molecular complexity index is 452. The Balaban J connectivity index is 2.39. The molecule has 0 aliphatic carbocycles. The first-order valence-electron chi connectivity index (χ1n) is 4.72. The number of carbonyl (C=O) groups is 2. The van der Waals surface area contributed by atoms with Crippen LogP contribution in [0.5, 0.6) is 5.75 Å². The molecule has 84 valence electrons. The van der Waals surface area contributed by atoms with E-state index < -0.39 is 18.0 Å². The molecule has 0 saturated carbocycles. The summed E-state index contributed by atoms with van der Waals surface area (Å²) in [5.41, 5.74) is 1.04. The highest BCUT2D eigenvalue weighted by Gasteiger charge is 2.31. The van der Waals surface area contributed by atoms with Gasteiger partial charge in [-0.05, 0) is 23.8 Å². The third-order valence-electron chi connectivity index (χ3n) is 2.46. The molecule has 0 aromatic heterocycles. The summed E-state index contributed by atoms with van der Waals surface area (Å²) in [6, 6.07) is 4.88. The summed E-state index contributed by atoms with van der Waals surface area (Å²) in [5.74, 6) is -1.14. The molecule has 0 amide bonds. The Morgan fingerprint density at radius 3 is 2.94 bits per heavy atom. The predicted octanol–water partition coefficient (Wildman–Crippen LogP) is 0.861. The Hall–Kier alpha value is -2.04. The Morgan fingerprint density at radius 1 is 1.56 bits per heavy atom. The molecule has 1 aliphatic rings. The van der Waals surface area contributed by atoms with Crippen molar-refractivity contribution in [1.29, 1.82) is 0 Å². The van der Waals surface area contributed by atoms with Crippen molar-refractivity contribution in [2.24, 2.45) is 0 Å². The van der Waals surface area contributed by atoms with Gasteiger partial charge in [0, 0.05) is 6.42 Å². The number of cyclic esters (lactones) is 1. The van der Waals surface area contributed by atoms with Gasteiger partial charge in [-0.3, -0.25) is 0 Å². The van der Waals surface area contributed by atoms with E-state index in [1.807, 2.05) is 0 Å². The van der Waals surface area contributed by atoms with E-state index in [0.717, 1.165) is 0 Å². The van der Waals surface area contributed by atoms with E-state index >= 15 is 0 Å². The number of methoxy groups -OCH3 is 1. The Kier molecular flexibility index (Phi) is 2.52. The van der Waals surface area contributed by atoms with Crippen LogP contribution in [0.2, 0.25) is 0 Å². The summed E-state index contributed by atoms with van der Waals surface area (Å²) in [7, 11) is 1.51. The molecule has 1 aliphatic heterocycles. The van der Waals surface area contributed by atoms with Crippen LogP contribution in [0.3, 0.4) is 0 Å². The van der Waals surface area contributed by atoms with Gasteiger partial charge >= 0.3 is 11.9 Å². The van der Waals surface area contributed by atoms with Crippen molar-refractivity contribution in [3.8, 4) is 5.75 Å². The summed E-state index contributed by atoms with van der Waals surface area (Å²) in [5, 5.41) is 8.80. The van der Waals surface area contributed by atoms with Gasteiger partial charge in [-0.1, -0.05) is 0 Å². The van der Waals surface area contributed by atoms with Gasteiger partial charge in [-0.2, -0.15) is 0 Å². The van der Waals surface area contributed by atoms with Gasteiger partial charge in [0.15, 0.2) is 0 Å². The molecular formula is C11H10O5. The zero-order valence-corrected chi connectivity index (χ0v) is 8.60. The molecule has 1 atom stereocenters. The zero-order valence-electron chi connectivity index (χ0n) is 8.60. The lowest BCUT2D eigenvalue weighted by Gasteiger charge is -2.21. The van der Waals surface area contributed by atoms with Crippen LogP contribution in [-0.2, 0) is 16.0 Å². The van der Waals surface area contributed by atoms with Gasteiger partial charge in [0.05, 0.1) is 12.7 Å². The molecule has 0 fully saturated rings. The predicted molar refractivity (Wildman–Crippen MR) is 53.5 cm³/mol. The lowest BCUT2D eigenvalue weighted by molar-refractivity contribution is -0.147. The van der Waals surface area contributed by atoms with Crippen molar-refractivity contribution >= 4 is 11.9 Å². The minimum absolute atomic E-state index is 0.174. The highest BCUT2D eigenvalue weighted by atomic mass is 16.6. The Labute approximate surface area is 91.6 Å². The molecule has 0 spiro atoms. The molecule has 1 aromatic rings. The van der Waals surface area contributed by atoms with Gasteiger partial charge in [0.25, 0.3) is 0 Å². The second-order valence-corrected chi connectivity index (χ2v) is 3.46. The second kappa shape index (κ2) is 3.84. The fourth-order valence-electron chi connectivity index (χ4n) is 1.64. The average molecular weight is 222 g/mol. The summed E-state index contributed by atoms with van der Waals surface area (Å²) in [6.45, 7) is 0. The molecule has 2 rings (SSSR count). The molecular weight excluding hydrogens is 212 g/mol. The van der Waals surface area contributed by atoms with Gasteiger partial charge in [-0.15, -0.1) is 0 Å². The first-order chi connectivity index (χ1) is 7.61. The molecule has 16 heavy (non-hydrogen) atoms. The number of rotatable bonds is 2. The van der Waals surface area contributed by atoms with Crippen LogP contribution in [0.15, 0.2) is 18.2 Å². The van der Waals surface area contributed by atoms with E-state index in [1.54, 1.807) is 18.2 Å². The number of esters is 1. The molecule has 1 unspecified atom stereocenters. The largest absolute Gasteiger partial charge is 0.497 e. The average Bonchev–Trinajstić information content (AvgIpc) is 2.28. The van der Waals surface area contributed by atoms with E-state index in [4.69, 9.17) is 14.6 Å². The minimum Gasteiger partial charge on any atom is -0.497 e. The van der Waals surface area contributed by atoms with Crippen LogP contribution >= 0.6 is 0 Å². The highest BCUT2D eigenvalue weighted by Crippen LogP contribution is 2.25. The third-order valence-corrected chi connectivity index (χ3v) is 2.46. The van der Waals surface area contributed by atoms with Crippen molar-refractivity contribution in [1.82, 2.24) is 0 Å². The molecule has 0 radical (unpaired) electrons. The minimum atomic E-state index is -1.14. The maximum Gasteiger partial charge on any atom is 0.345 e. The maximum atomic E-state index is 11.5. The van der Waals surface area contributed by atoms with E-state index in [-0.39, 0.29) is 6.42 Å². The number of aliphatic carboxylic acids is 1. The number of hydrogen-bond acceptors (Lipinski definition) is 4. The molecule has 1 aromatic carbocycles. The molecule has 0 saturated heterocycles.